The highest BCUT2D eigenvalue weighted by molar-refractivity contribution is 5.88. The van der Waals surface area contributed by atoms with E-state index < -0.39 is 102 Å². The zero-order valence-electron chi connectivity index (χ0n) is 39.6. The maximum absolute atomic E-state index is 14.4. The third kappa shape index (κ3) is 12.0. The van der Waals surface area contributed by atoms with Gasteiger partial charge in [0.25, 0.3) is 0 Å². The van der Waals surface area contributed by atoms with E-state index in [9.17, 15) is 30.3 Å². The lowest BCUT2D eigenvalue weighted by Crippen LogP contribution is -2.61. The monoisotopic (exact) mass is 882 g/mol. The molecule has 3 fully saturated rings. The van der Waals surface area contributed by atoms with Gasteiger partial charge in [-0.25, -0.2) is 0 Å². The molecule has 0 amide bonds. The zero-order valence-corrected chi connectivity index (χ0v) is 39.6. The molecule has 3 saturated heterocycles. The minimum absolute atomic E-state index is 0.00352. The fourth-order valence-corrected chi connectivity index (χ4v) is 9.70. The number of methoxy groups -OCH3 is 1. The summed E-state index contributed by atoms with van der Waals surface area (Å²) < 4.78 is 37.9. The smallest absolute Gasteiger partial charge is 0.311 e. The largest absolute Gasteiger partial charge is 0.459 e. The molecular weight excluding hydrogens is 803 g/mol. The van der Waals surface area contributed by atoms with Crippen molar-refractivity contribution in [2.75, 3.05) is 46.3 Å². The number of hydrogen-bond donors (Lipinski definition) is 5. The molecule has 356 valence electrons. The second kappa shape index (κ2) is 21.7. The first-order valence-corrected chi connectivity index (χ1v) is 22.4. The second-order valence-corrected chi connectivity index (χ2v) is 19.2. The van der Waals surface area contributed by atoms with Gasteiger partial charge in [0.2, 0.25) is 0 Å². The molecule has 5 N–H and O–H groups in total. The van der Waals surface area contributed by atoms with Gasteiger partial charge in [-0.1, -0.05) is 51.0 Å². The maximum Gasteiger partial charge on any atom is 0.311 e. The average Bonchev–Trinajstić information content (AvgIpc) is 3.22. The quantitative estimate of drug-likeness (QED) is 0.116. The number of hydrogen-bond acceptors (Lipinski definition) is 16. The molecular formula is C46H79N3O13. The Morgan fingerprint density at radius 1 is 0.887 bits per heavy atom. The summed E-state index contributed by atoms with van der Waals surface area (Å²) >= 11 is 0. The van der Waals surface area contributed by atoms with E-state index in [2.05, 4.69) is 5.16 Å². The molecule has 0 spiro atoms. The summed E-state index contributed by atoms with van der Waals surface area (Å²) in [6, 6.07) is 9.50. The predicted octanol–water partition coefficient (Wildman–Crippen LogP) is 3.73. The number of aliphatic hydroxyl groups is 5. The highest BCUT2D eigenvalue weighted by atomic mass is 16.7. The topological polar surface area (TPSA) is 202 Å². The summed E-state index contributed by atoms with van der Waals surface area (Å²) in [7, 11) is 7.19. The molecule has 0 saturated carbocycles. The minimum Gasteiger partial charge on any atom is -0.459 e. The fourth-order valence-electron chi connectivity index (χ4n) is 9.70. The molecule has 0 radical (unpaired) electrons. The third-order valence-electron chi connectivity index (χ3n) is 13.7. The van der Waals surface area contributed by atoms with Crippen LogP contribution in [-0.4, -0.2) is 168 Å². The van der Waals surface area contributed by atoms with Crippen LogP contribution in [0.3, 0.4) is 0 Å². The highest BCUT2D eigenvalue weighted by Gasteiger charge is 2.53. The van der Waals surface area contributed by atoms with Crippen molar-refractivity contribution < 1.29 is 63.6 Å². The number of ether oxygens (including phenoxy) is 6. The van der Waals surface area contributed by atoms with E-state index in [4.69, 9.17) is 33.3 Å². The van der Waals surface area contributed by atoms with E-state index in [1.165, 1.54) is 14.0 Å². The van der Waals surface area contributed by atoms with Gasteiger partial charge >= 0.3 is 5.97 Å². The predicted molar refractivity (Wildman–Crippen MR) is 234 cm³/mol. The molecule has 3 heterocycles. The molecule has 62 heavy (non-hydrogen) atoms. The van der Waals surface area contributed by atoms with E-state index in [1.807, 2.05) is 75.1 Å². The SMILES string of the molecule is CC[C@@H]1OC(=O)[C@H](C)[C@@H](O[C@H]2C[C@@](C)(OC)[C@@H](O)[C@H](C)O2)[C@H](C)[C@@H](O[C@@H]2O[C@H](C)C[C@H](N(C)C)[C@H]2O)[C@@](C)(O)C[C@@H](C)/C(=N/OCCN(C)c2ccccc2)[C@@H](C)[C@@H](O)[C@]1(C)O. The molecule has 0 aromatic heterocycles. The first kappa shape index (κ1) is 52.1. The highest BCUT2D eigenvalue weighted by Crippen LogP contribution is 2.41. The number of anilines is 1. The van der Waals surface area contributed by atoms with E-state index in [-0.39, 0.29) is 38.0 Å². The van der Waals surface area contributed by atoms with Gasteiger partial charge in [0.1, 0.15) is 30.5 Å². The van der Waals surface area contributed by atoms with Crippen molar-refractivity contribution in [3.05, 3.63) is 30.3 Å². The van der Waals surface area contributed by atoms with Gasteiger partial charge in [-0.3, -0.25) is 4.79 Å². The number of rotatable bonds is 12. The molecule has 3 aliphatic heterocycles. The first-order valence-electron chi connectivity index (χ1n) is 22.4. The van der Waals surface area contributed by atoms with Crippen molar-refractivity contribution in [3.63, 3.8) is 0 Å². The zero-order chi connectivity index (χ0) is 46.5. The summed E-state index contributed by atoms with van der Waals surface area (Å²) in [6.45, 7) is 17.9. The van der Waals surface area contributed by atoms with Gasteiger partial charge in [-0.2, -0.15) is 0 Å². The second-order valence-electron chi connectivity index (χ2n) is 19.2. The van der Waals surface area contributed by atoms with Crippen LogP contribution in [0.5, 0.6) is 0 Å². The van der Waals surface area contributed by atoms with E-state index in [1.54, 1.807) is 48.5 Å². The van der Waals surface area contributed by atoms with Gasteiger partial charge in [0.15, 0.2) is 12.6 Å². The van der Waals surface area contributed by atoms with Gasteiger partial charge in [0.05, 0.1) is 59.9 Å². The third-order valence-corrected chi connectivity index (χ3v) is 13.7. The molecule has 16 heteroatoms. The molecule has 3 aliphatic rings. The number of benzene rings is 1. The van der Waals surface area contributed by atoms with E-state index in [0.29, 0.717) is 18.7 Å². The average molecular weight is 882 g/mol. The fraction of sp³-hybridized carbons (Fsp3) is 0.826. The number of carbonyl (C=O) groups is 1. The van der Waals surface area contributed by atoms with Crippen LogP contribution >= 0.6 is 0 Å². The van der Waals surface area contributed by atoms with Crippen LogP contribution in [0.25, 0.3) is 0 Å². The Labute approximate surface area is 369 Å². The lowest BCUT2D eigenvalue weighted by molar-refractivity contribution is -0.317. The summed E-state index contributed by atoms with van der Waals surface area (Å²) in [5.74, 6) is -4.05. The van der Waals surface area contributed by atoms with Crippen molar-refractivity contribution in [3.8, 4) is 0 Å². The van der Waals surface area contributed by atoms with Crippen molar-refractivity contribution in [1.82, 2.24) is 4.90 Å². The number of aliphatic hydroxyl groups excluding tert-OH is 3. The number of carbonyl (C=O) groups excluding carboxylic acids is 1. The van der Waals surface area contributed by atoms with Crippen LogP contribution < -0.4 is 4.90 Å². The molecule has 0 aliphatic carbocycles. The molecule has 1 aromatic rings. The lowest BCUT2D eigenvalue weighted by atomic mass is 9.73. The maximum atomic E-state index is 14.4. The number of oxime groups is 1. The Kier molecular flexibility index (Phi) is 18.2. The molecule has 1 aromatic carbocycles. The van der Waals surface area contributed by atoms with Gasteiger partial charge in [0, 0.05) is 50.1 Å². The van der Waals surface area contributed by atoms with Crippen molar-refractivity contribution in [1.29, 1.82) is 0 Å². The van der Waals surface area contributed by atoms with Crippen molar-refractivity contribution in [2.45, 2.75) is 179 Å². The number of para-hydroxylation sites is 1. The molecule has 0 bridgehead atoms. The Morgan fingerprint density at radius 2 is 1.53 bits per heavy atom. The number of likely N-dealkylation sites (N-methyl/N-ethyl adjacent to an activating group) is 2. The van der Waals surface area contributed by atoms with Crippen molar-refractivity contribution >= 4 is 17.4 Å². The molecule has 16 nitrogen and oxygen atoms in total. The Hall–Kier alpha value is -2.48. The minimum atomic E-state index is -1.95. The van der Waals surface area contributed by atoms with E-state index >= 15 is 0 Å². The molecule has 4 rings (SSSR count). The molecule has 18 atom stereocenters. The Morgan fingerprint density at radius 3 is 2.13 bits per heavy atom. The van der Waals surface area contributed by atoms with Crippen LogP contribution in [0.2, 0.25) is 0 Å². The van der Waals surface area contributed by atoms with Gasteiger partial charge in [-0.05, 0) is 87.0 Å². The summed E-state index contributed by atoms with van der Waals surface area (Å²) in [5.41, 5.74) is -3.40. The standard InChI is InChI=1S/C46H79N3O13/c1-15-34-46(10,55)39(51)28(4)36(47-57-22-21-49(13)32-19-17-16-18-20-32)26(2)24-44(8,54)41(62-43-37(50)33(48(11)12)23-27(3)58-43)29(5)38(30(6)42(53)60-34)61-35-25-45(9,56-14)40(52)31(7)59-35/h16-20,26-31,33-35,37-41,43,50-52,54-55H,15,21-25H2,1-14H3/b47-36-/t26-,27-,28-,29+,30-,31+,33+,34+,35+,37-,38+,39-,40+,41-,43+,44+,45-,46-/m1/s1. The van der Waals surface area contributed by atoms with Gasteiger partial charge in [-0.15, -0.1) is 0 Å². The van der Waals surface area contributed by atoms with E-state index in [0.717, 1.165) is 5.69 Å². The van der Waals surface area contributed by atoms with Crippen LogP contribution in [0.4, 0.5) is 5.69 Å². The summed E-state index contributed by atoms with van der Waals surface area (Å²) in [4.78, 5) is 24.3. The first-order chi connectivity index (χ1) is 28.9. The molecule has 0 unspecified atom stereocenters. The lowest BCUT2D eigenvalue weighted by Gasteiger charge is -2.49. The van der Waals surface area contributed by atoms with Crippen LogP contribution in [0.1, 0.15) is 94.9 Å². The number of esters is 1. The Bertz CT molecular complexity index is 1580. The summed E-state index contributed by atoms with van der Waals surface area (Å²) in [6.07, 6.45) is -9.37. The summed E-state index contributed by atoms with van der Waals surface area (Å²) in [5, 5.41) is 64.3. The van der Waals surface area contributed by atoms with Crippen molar-refractivity contribution in [2.24, 2.45) is 28.8 Å². The van der Waals surface area contributed by atoms with Crippen LogP contribution in [0, 0.1) is 23.7 Å². The number of nitrogens with zero attached hydrogens (tertiary/aromatic N) is 3. The normalized spacial score (nSPS) is 43.5. The van der Waals surface area contributed by atoms with Gasteiger partial charge < -0.3 is 68.6 Å². The van der Waals surface area contributed by atoms with Crippen LogP contribution in [0.15, 0.2) is 35.5 Å². The Balaban J connectivity index is 1.83. The number of cyclic esters (lactones) is 1. The van der Waals surface area contributed by atoms with Crippen LogP contribution in [-0.2, 0) is 38.1 Å².